The minimum Gasteiger partial charge on any atom is -0.508 e. The smallest absolute Gasteiger partial charge is 0.335 e. The molecule has 0 aliphatic heterocycles. The highest BCUT2D eigenvalue weighted by atomic mass is 16.5. The van der Waals surface area contributed by atoms with Crippen LogP contribution in [0.15, 0.2) is 48.1 Å². The lowest BCUT2D eigenvalue weighted by atomic mass is 9.71. The number of hydrogen-bond donors (Lipinski definition) is 3. The molecular weight excluding hydrogens is 472 g/mol. The van der Waals surface area contributed by atoms with Gasteiger partial charge < -0.3 is 24.8 Å². The molecule has 198 valence electrons. The van der Waals surface area contributed by atoms with Crippen LogP contribution in [0, 0.1) is 5.92 Å². The van der Waals surface area contributed by atoms with Crippen molar-refractivity contribution in [2.45, 2.75) is 58.3 Å². The molecule has 0 saturated carbocycles. The zero-order chi connectivity index (χ0) is 27.1. The third-order valence-electron chi connectivity index (χ3n) is 7.10. The van der Waals surface area contributed by atoms with Crippen LogP contribution in [0.4, 0.5) is 0 Å². The Balaban J connectivity index is 1.54. The van der Waals surface area contributed by atoms with Crippen molar-refractivity contribution < 1.29 is 34.4 Å². The molecule has 2 aromatic carbocycles. The molecule has 0 bridgehead atoms. The first-order chi connectivity index (χ1) is 17.6. The van der Waals surface area contributed by atoms with Gasteiger partial charge >= 0.3 is 11.9 Å². The quantitative estimate of drug-likeness (QED) is 0.193. The Morgan fingerprint density at radius 1 is 1.14 bits per heavy atom. The van der Waals surface area contributed by atoms with Crippen LogP contribution in [-0.2, 0) is 9.53 Å². The molecule has 7 nitrogen and oxygen atoms in total. The SMILES string of the molecule is COc1cc(/C=C/C(=O)OC/C(C)=C/CC[C@H](C)[C@@H]2CC[C@@H](C)c3c(O)cc(C(=O)O)cc32)ccc1O. The average Bonchev–Trinajstić information content (AvgIpc) is 2.86. The van der Waals surface area contributed by atoms with Crippen LogP contribution < -0.4 is 4.74 Å². The van der Waals surface area contributed by atoms with Gasteiger partial charge in [-0.15, -0.1) is 0 Å². The van der Waals surface area contributed by atoms with Crippen molar-refractivity contribution in [2.24, 2.45) is 5.92 Å². The Bertz CT molecular complexity index is 1190. The molecule has 37 heavy (non-hydrogen) atoms. The number of allylic oxidation sites excluding steroid dienone is 1. The largest absolute Gasteiger partial charge is 0.508 e. The lowest BCUT2D eigenvalue weighted by Crippen LogP contribution is -2.19. The van der Waals surface area contributed by atoms with E-state index in [1.54, 1.807) is 24.3 Å². The van der Waals surface area contributed by atoms with Crippen LogP contribution in [0.2, 0.25) is 0 Å². The number of aromatic hydroxyl groups is 2. The van der Waals surface area contributed by atoms with Crippen molar-refractivity contribution in [3.63, 3.8) is 0 Å². The number of phenols is 2. The first kappa shape index (κ1) is 27.8. The van der Waals surface area contributed by atoms with Gasteiger partial charge in [-0.05, 0) is 97.4 Å². The van der Waals surface area contributed by atoms with E-state index < -0.39 is 11.9 Å². The van der Waals surface area contributed by atoms with E-state index in [0.717, 1.165) is 42.4 Å². The maximum absolute atomic E-state index is 12.1. The van der Waals surface area contributed by atoms with Crippen molar-refractivity contribution >= 4 is 18.0 Å². The molecule has 3 N–H and O–H groups in total. The van der Waals surface area contributed by atoms with Crippen LogP contribution in [0.25, 0.3) is 6.08 Å². The normalized spacial score (nSPS) is 18.3. The summed E-state index contributed by atoms with van der Waals surface area (Å²) in [5.74, 6) is -0.378. The molecule has 1 aliphatic rings. The molecule has 2 aromatic rings. The Hall–Kier alpha value is -3.74. The second kappa shape index (κ2) is 12.5. The van der Waals surface area contributed by atoms with Crippen LogP contribution in [0.5, 0.6) is 17.2 Å². The summed E-state index contributed by atoms with van der Waals surface area (Å²) in [6.45, 7) is 6.35. The number of aromatic carboxylic acids is 1. The second-order valence-electron chi connectivity index (χ2n) is 9.87. The van der Waals surface area contributed by atoms with Crippen molar-refractivity contribution in [3.05, 3.63) is 70.3 Å². The molecule has 0 aromatic heterocycles. The highest BCUT2D eigenvalue weighted by Crippen LogP contribution is 2.47. The third-order valence-corrected chi connectivity index (χ3v) is 7.10. The van der Waals surface area contributed by atoms with E-state index in [4.69, 9.17) is 9.47 Å². The number of methoxy groups -OCH3 is 1. The number of carboxylic acid groups (broad SMARTS) is 1. The van der Waals surface area contributed by atoms with Crippen molar-refractivity contribution in [3.8, 4) is 17.2 Å². The minimum atomic E-state index is -1.03. The molecule has 0 spiro atoms. The number of phenolic OH excluding ortho intramolecular Hbond substituents is 2. The summed E-state index contributed by atoms with van der Waals surface area (Å²) in [4.78, 5) is 23.6. The Kier molecular flexibility index (Phi) is 9.39. The van der Waals surface area contributed by atoms with Gasteiger partial charge in [0.25, 0.3) is 0 Å². The standard InChI is InChI=1S/C30H36O7/c1-18(17-37-28(33)13-10-21-9-12-25(31)27(14-21)36-4)6-5-7-19(2)23-11-8-20(3)29-24(23)15-22(30(34)35)16-26(29)32/h6,9-10,12-16,19-20,23,31-32H,5,7-8,11,17H2,1-4H3,(H,34,35)/b13-10+,18-6+/t19-,20+,23-/m0/s1. The van der Waals surface area contributed by atoms with Gasteiger partial charge in [0, 0.05) is 11.6 Å². The van der Waals surface area contributed by atoms with Gasteiger partial charge in [-0.2, -0.15) is 0 Å². The molecule has 0 heterocycles. The summed E-state index contributed by atoms with van der Waals surface area (Å²) in [6, 6.07) is 7.88. The molecule has 0 unspecified atom stereocenters. The van der Waals surface area contributed by atoms with Crippen LogP contribution in [0.1, 0.15) is 85.3 Å². The van der Waals surface area contributed by atoms with E-state index in [9.17, 15) is 24.9 Å². The third kappa shape index (κ3) is 7.15. The van der Waals surface area contributed by atoms with Gasteiger partial charge in [-0.25, -0.2) is 9.59 Å². The number of ether oxygens (including phenoxy) is 2. The van der Waals surface area contributed by atoms with Gasteiger partial charge in [0.1, 0.15) is 12.4 Å². The van der Waals surface area contributed by atoms with E-state index in [2.05, 4.69) is 19.9 Å². The van der Waals surface area contributed by atoms with Gasteiger partial charge in [0.05, 0.1) is 12.7 Å². The zero-order valence-corrected chi connectivity index (χ0v) is 21.9. The molecule has 3 rings (SSSR count). The fourth-order valence-corrected chi connectivity index (χ4v) is 5.00. The summed E-state index contributed by atoms with van der Waals surface area (Å²) < 4.78 is 10.4. The summed E-state index contributed by atoms with van der Waals surface area (Å²) in [7, 11) is 1.46. The van der Waals surface area contributed by atoms with Gasteiger partial charge in [-0.3, -0.25) is 0 Å². The summed E-state index contributed by atoms with van der Waals surface area (Å²) in [5.41, 5.74) is 3.61. The van der Waals surface area contributed by atoms with E-state index >= 15 is 0 Å². The Morgan fingerprint density at radius 2 is 1.89 bits per heavy atom. The van der Waals surface area contributed by atoms with Crippen LogP contribution >= 0.6 is 0 Å². The van der Waals surface area contributed by atoms with Crippen LogP contribution in [-0.4, -0.2) is 41.0 Å². The predicted octanol–water partition coefficient (Wildman–Crippen LogP) is 6.40. The minimum absolute atomic E-state index is 0.0303. The molecular formula is C30H36O7. The fourth-order valence-electron chi connectivity index (χ4n) is 5.00. The lowest BCUT2D eigenvalue weighted by Gasteiger charge is -2.34. The number of rotatable bonds is 10. The van der Waals surface area contributed by atoms with Gasteiger partial charge in [-0.1, -0.05) is 26.0 Å². The number of carbonyl (C=O) groups excluding carboxylic acids is 1. The molecule has 0 amide bonds. The number of carboxylic acids is 1. The number of esters is 1. The number of hydrogen-bond acceptors (Lipinski definition) is 6. The lowest BCUT2D eigenvalue weighted by molar-refractivity contribution is -0.136. The number of carbonyl (C=O) groups is 2. The second-order valence-corrected chi connectivity index (χ2v) is 9.87. The molecule has 3 atom stereocenters. The average molecular weight is 509 g/mol. The molecule has 0 fully saturated rings. The molecule has 0 radical (unpaired) electrons. The van der Waals surface area contributed by atoms with Crippen LogP contribution in [0.3, 0.4) is 0 Å². The van der Waals surface area contributed by atoms with Gasteiger partial charge in [0.2, 0.25) is 0 Å². The first-order valence-electron chi connectivity index (χ1n) is 12.6. The molecule has 7 heteroatoms. The molecule has 0 saturated heterocycles. The molecule has 1 aliphatic carbocycles. The Morgan fingerprint density at radius 3 is 2.59 bits per heavy atom. The summed E-state index contributed by atoms with van der Waals surface area (Å²) >= 11 is 0. The predicted molar refractivity (Wildman–Crippen MR) is 142 cm³/mol. The van der Waals surface area contributed by atoms with E-state index in [1.165, 1.54) is 25.3 Å². The number of benzene rings is 2. The highest BCUT2D eigenvalue weighted by Gasteiger charge is 2.31. The summed E-state index contributed by atoms with van der Waals surface area (Å²) in [6.07, 6.45) is 8.61. The van der Waals surface area contributed by atoms with E-state index in [0.29, 0.717) is 17.2 Å². The first-order valence-corrected chi connectivity index (χ1v) is 12.6. The zero-order valence-electron chi connectivity index (χ0n) is 21.9. The number of fused-ring (bicyclic) bond motifs is 1. The van der Waals surface area contributed by atoms with Crippen molar-refractivity contribution in [1.82, 2.24) is 0 Å². The maximum atomic E-state index is 12.1. The van der Waals surface area contributed by atoms with Gasteiger partial charge in [0.15, 0.2) is 11.5 Å². The monoisotopic (exact) mass is 508 g/mol. The topological polar surface area (TPSA) is 113 Å². The van der Waals surface area contributed by atoms with Crippen molar-refractivity contribution in [1.29, 1.82) is 0 Å². The Labute approximate surface area is 218 Å². The van der Waals surface area contributed by atoms with E-state index in [1.807, 2.05) is 6.92 Å². The highest BCUT2D eigenvalue weighted by molar-refractivity contribution is 5.89. The fraction of sp³-hybridized carbons (Fsp3) is 0.400. The van der Waals surface area contributed by atoms with E-state index in [-0.39, 0.29) is 35.5 Å². The van der Waals surface area contributed by atoms with Crippen molar-refractivity contribution in [2.75, 3.05) is 13.7 Å². The summed E-state index contributed by atoms with van der Waals surface area (Å²) in [5, 5.41) is 29.6. The maximum Gasteiger partial charge on any atom is 0.335 e.